The number of hydrogen-bond donors (Lipinski definition) is 1. The van der Waals surface area contributed by atoms with Crippen LogP contribution in [0.15, 0.2) is 18.2 Å². The number of nitrogens with zero attached hydrogens (tertiary/aromatic N) is 1. The van der Waals surface area contributed by atoms with E-state index in [1.54, 1.807) is 0 Å². The lowest BCUT2D eigenvalue weighted by Crippen LogP contribution is -2.42. The predicted octanol–water partition coefficient (Wildman–Crippen LogP) is 1.90. The second-order valence-corrected chi connectivity index (χ2v) is 4.34. The lowest BCUT2D eigenvalue weighted by atomic mass is 10.1. The summed E-state index contributed by atoms with van der Waals surface area (Å²) in [5, 5.41) is 0. The van der Waals surface area contributed by atoms with Gasteiger partial charge in [0.2, 0.25) is 0 Å². The molecule has 1 aromatic carbocycles. The highest BCUT2D eigenvalue weighted by molar-refractivity contribution is 5.49. The van der Waals surface area contributed by atoms with Gasteiger partial charge in [-0.3, -0.25) is 0 Å². The second kappa shape index (κ2) is 5.47. The van der Waals surface area contributed by atoms with Crippen LogP contribution in [-0.2, 0) is 11.3 Å². The van der Waals surface area contributed by atoms with Crippen molar-refractivity contribution >= 4 is 5.69 Å². The van der Waals surface area contributed by atoms with Gasteiger partial charge < -0.3 is 15.4 Å². The Morgan fingerprint density at radius 2 is 2.35 bits per heavy atom. The first kappa shape index (κ1) is 12.3. The average molecular weight is 238 g/mol. The van der Waals surface area contributed by atoms with Gasteiger partial charge in [0, 0.05) is 19.6 Å². The summed E-state index contributed by atoms with van der Waals surface area (Å²) in [6.45, 7) is 4.63. The quantitative estimate of drug-likeness (QED) is 0.874. The molecule has 1 aliphatic heterocycles. The first-order valence-electron chi connectivity index (χ1n) is 6.09. The lowest BCUT2D eigenvalue weighted by molar-refractivity contribution is 0.0382. The third kappa shape index (κ3) is 2.76. The molecule has 0 amide bonds. The summed E-state index contributed by atoms with van der Waals surface area (Å²) in [6, 6.07) is 5.22. The van der Waals surface area contributed by atoms with Gasteiger partial charge in [-0.25, -0.2) is 4.39 Å². The molecule has 0 aromatic heterocycles. The SMILES string of the molecule is CCC1CN(c2ccc(CN)cc2F)CCO1. The van der Waals surface area contributed by atoms with Crippen LogP contribution in [0.5, 0.6) is 0 Å². The fourth-order valence-corrected chi connectivity index (χ4v) is 2.12. The van der Waals surface area contributed by atoms with Gasteiger partial charge >= 0.3 is 0 Å². The van der Waals surface area contributed by atoms with Crippen molar-refractivity contribution in [3.05, 3.63) is 29.6 Å². The Balaban J connectivity index is 2.16. The maximum absolute atomic E-state index is 13.9. The summed E-state index contributed by atoms with van der Waals surface area (Å²) in [4.78, 5) is 2.05. The highest BCUT2D eigenvalue weighted by Gasteiger charge is 2.21. The number of rotatable bonds is 3. The zero-order chi connectivity index (χ0) is 12.3. The molecule has 94 valence electrons. The Morgan fingerprint density at radius 1 is 1.53 bits per heavy atom. The molecule has 1 saturated heterocycles. The molecular weight excluding hydrogens is 219 g/mol. The maximum atomic E-state index is 13.9. The summed E-state index contributed by atoms with van der Waals surface area (Å²) >= 11 is 0. The van der Waals surface area contributed by atoms with Gasteiger partial charge in [-0.1, -0.05) is 13.0 Å². The molecular formula is C13H19FN2O. The molecule has 4 heteroatoms. The van der Waals surface area contributed by atoms with E-state index in [1.807, 2.05) is 17.0 Å². The van der Waals surface area contributed by atoms with Gasteiger partial charge in [-0.15, -0.1) is 0 Å². The molecule has 1 aromatic rings. The van der Waals surface area contributed by atoms with Crippen molar-refractivity contribution in [2.24, 2.45) is 5.73 Å². The van der Waals surface area contributed by atoms with Gasteiger partial charge in [0.15, 0.2) is 0 Å². The topological polar surface area (TPSA) is 38.5 Å². The van der Waals surface area contributed by atoms with Crippen LogP contribution in [0.4, 0.5) is 10.1 Å². The van der Waals surface area contributed by atoms with Crippen molar-refractivity contribution in [3.63, 3.8) is 0 Å². The van der Waals surface area contributed by atoms with Crippen LogP contribution in [-0.4, -0.2) is 25.8 Å². The minimum atomic E-state index is -0.190. The number of hydrogen-bond acceptors (Lipinski definition) is 3. The van der Waals surface area contributed by atoms with E-state index in [4.69, 9.17) is 10.5 Å². The zero-order valence-corrected chi connectivity index (χ0v) is 10.2. The molecule has 0 aliphatic carbocycles. The average Bonchev–Trinajstić information content (AvgIpc) is 2.38. The molecule has 1 unspecified atom stereocenters. The van der Waals surface area contributed by atoms with Crippen LogP contribution in [0.1, 0.15) is 18.9 Å². The summed E-state index contributed by atoms with van der Waals surface area (Å²) in [5.74, 6) is -0.190. The van der Waals surface area contributed by atoms with Crippen molar-refractivity contribution in [1.82, 2.24) is 0 Å². The third-order valence-electron chi connectivity index (χ3n) is 3.18. The molecule has 2 N–H and O–H groups in total. The largest absolute Gasteiger partial charge is 0.375 e. The molecule has 0 saturated carbocycles. The normalized spacial score (nSPS) is 20.6. The molecule has 1 heterocycles. The van der Waals surface area contributed by atoms with E-state index in [9.17, 15) is 4.39 Å². The summed E-state index contributed by atoms with van der Waals surface area (Å²) in [5.41, 5.74) is 6.97. The molecule has 2 rings (SSSR count). The number of nitrogens with two attached hydrogens (primary N) is 1. The smallest absolute Gasteiger partial charge is 0.146 e. The molecule has 1 atom stereocenters. The van der Waals surface area contributed by atoms with Crippen LogP contribution >= 0.6 is 0 Å². The number of halogens is 1. The van der Waals surface area contributed by atoms with E-state index in [1.165, 1.54) is 6.07 Å². The second-order valence-electron chi connectivity index (χ2n) is 4.34. The Hall–Kier alpha value is -1.13. The van der Waals surface area contributed by atoms with Crippen molar-refractivity contribution in [3.8, 4) is 0 Å². The van der Waals surface area contributed by atoms with E-state index >= 15 is 0 Å². The highest BCUT2D eigenvalue weighted by atomic mass is 19.1. The van der Waals surface area contributed by atoms with Crippen LogP contribution in [0.25, 0.3) is 0 Å². The van der Waals surface area contributed by atoms with E-state index < -0.39 is 0 Å². The number of morpholine rings is 1. The van der Waals surface area contributed by atoms with Crippen LogP contribution < -0.4 is 10.6 Å². The summed E-state index contributed by atoms with van der Waals surface area (Å²) < 4.78 is 19.5. The van der Waals surface area contributed by atoms with Crippen molar-refractivity contribution < 1.29 is 9.13 Å². The van der Waals surface area contributed by atoms with Crippen LogP contribution in [0.2, 0.25) is 0 Å². The first-order chi connectivity index (χ1) is 8.24. The van der Waals surface area contributed by atoms with Gasteiger partial charge in [0.05, 0.1) is 18.4 Å². The predicted molar refractivity (Wildman–Crippen MR) is 66.5 cm³/mol. The fourth-order valence-electron chi connectivity index (χ4n) is 2.12. The van der Waals surface area contributed by atoms with Gasteiger partial charge in [-0.2, -0.15) is 0 Å². The molecule has 1 aliphatic rings. The summed E-state index contributed by atoms with van der Waals surface area (Å²) in [7, 11) is 0. The minimum absolute atomic E-state index is 0.190. The summed E-state index contributed by atoms with van der Waals surface area (Å²) in [6.07, 6.45) is 1.16. The van der Waals surface area contributed by atoms with Crippen LogP contribution in [0.3, 0.4) is 0 Å². The molecule has 17 heavy (non-hydrogen) atoms. The molecule has 1 fully saturated rings. The van der Waals surface area contributed by atoms with Gasteiger partial charge in [0.25, 0.3) is 0 Å². The van der Waals surface area contributed by atoms with E-state index in [-0.39, 0.29) is 11.9 Å². The number of benzene rings is 1. The van der Waals surface area contributed by atoms with Crippen molar-refractivity contribution in [2.45, 2.75) is 26.0 Å². The Morgan fingerprint density at radius 3 is 3.00 bits per heavy atom. The number of ether oxygens (including phenoxy) is 1. The van der Waals surface area contributed by atoms with Gasteiger partial charge in [0.1, 0.15) is 5.82 Å². The molecule has 3 nitrogen and oxygen atoms in total. The lowest BCUT2D eigenvalue weighted by Gasteiger charge is -2.34. The van der Waals surface area contributed by atoms with E-state index in [0.29, 0.717) is 18.8 Å². The Bertz CT molecular complexity index is 384. The van der Waals surface area contributed by atoms with E-state index in [2.05, 4.69) is 6.92 Å². The minimum Gasteiger partial charge on any atom is -0.375 e. The van der Waals surface area contributed by atoms with Crippen molar-refractivity contribution in [1.29, 1.82) is 0 Å². The zero-order valence-electron chi connectivity index (χ0n) is 10.2. The maximum Gasteiger partial charge on any atom is 0.146 e. The van der Waals surface area contributed by atoms with Crippen molar-refractivity contribution in [2.75, 3.05) is 24.6 Å². The third-order valence-corrected chi connectivity index (χ3v) is 3.18. The highest BCUT2D eigenvalue weighted by Crippen LogP contribution is 2.23. The molecule has 0 spiro atoms. The molecule has 0 radical (unpaired) electrons. The number of anilines is 1. The van der Waals surface area contributed by atoms with Crippen LogP contribution in [0, 0.1) is 5.82 Å². The Kier molecular flexibility index (Phi) is 3.97. The molecule has 0 bridgehead atoms. The Labute approximate surface area is 101 Å². The fraction of sp³-hybridized carbons (Fsp3) is 0.538. The first-order valence-corrected chi connectivity index (χ1v) is 6.09. The van der Waals surface area contributed by atoms with E-state index in [0.717, 1.165) is 25.1 Å². The standard InChI is InChI=1S/C13H19FN2O/c1-2-11-9-16(5-6-17-11)13-4-3-10(8-15)7-12(13)14/h3-4,7,11H,2,5-6,8-9,15H2,1H3. The van der Waals surface area contributed by atoms with Gasteiger partial charge in [-0.05, 0) is 24.1 Å². The monoisotopic (exact) mass is 238 g/mol.